The van der Waals surface area contributed by atoms with Gasteiger partial charge in [-0.3, -0.25) is 0 Å². The maximum absolute atomic E-state index is 5.98. The van der Waals surface area contributed by atoms with Crippen molar-refractivity contribution in [1.29, 1.82) is 0 Å². The minimum absolute atomic E-state index is 0.0183. The number of rotatable bonds is 2. The molecule has 1 aromatic rings. The predicted octanol–water partition coefficient (Wildman–Crippen LogP) is 2.58. The van der Waals surface area contributed by atoms with Gasteiger partial charge in [-0.1, -0.05) is 29.3 Å². The average molecular weight is 234 g/mol. The number of hydrogen-bond donors (Lipinski definition) is 1. The molecule has 1 aromatic carbocycles. The fourth-order valence-corrected chi connectivity index (χ4v) is 1.84. The number of nitrogens with one attached hydrogen (secondary N) is 1. The molecule has 0 aliphatic carbocycles. The van der Waals surface area contributed by atoms with Gasteiger partial charge >= 0.3 is 0 Å². The Hall–Kier alpha value is -0.480. The van der Waals surface area contributed by atoms with Gasteiger partial charge in [-0.2, -0.15) is 5.48 Å². The third kappa shape index (κ3) is 1.57. The van der Waals surface area contributed by atoms with E-state index in [2.05, 4.69) is 5.48 Å². The number of hydroxylamine groups is 1. The van der Waals surface area contributed by atoms with Crippen LogP contribution in [0.5, 0.6) is 5.75 Å². The summed E-state index contributed by atoms with van der Waals surface area (Å²) < 4.78 is 5.42. The summed E-state index contributed by atoms with van der Waals surface area (Å²) in [6.07, 6.45) is 0. The van der Waals surface area contributed by atoms with E-state index in [0.29, 0.717) is 22.4 Å². The van der Waals surface area contributed by atoms with E-state index >= 15 is 0 Å². The van der Waals surface area contributed by atoms with Crippen molar-refractivity contribution >= 4 is 23.2 Å². The van der Waals surface area contributed by atoms with Gasteiger partial charge in [0.2, 0.25) is 0 Å². The number of ether oxygens (including phenoxy) is 1. The van der Waals surface area contributed by atoms with Crippen molar-refractivity contribution in [3.8, 4) is 5.75 Å². The van der Waals surface area contributed by atoms with Gasteiger partial charge in [0.1, 0.15) is 17.4 Å². The summed E-state index contributed by atoms with van der Waals surface area (Å²) in [6, 6.07) is 3.65. The summed E-state index contributed by atoms with van der Waals surface area (Å²) in [6.45, 7) is 0.503. The molecule has 0 bridgehead atoms. The van der Waals surface area contributed by atoms with Crippen molar-refractivity contribution in [1.82, 2.24) is 5.48 Å². The number of halogens is 2. The molecule has 1 unspecified atom stereocenters. The molecule has 0 radical (unpaired) electrons. The summed E-state index contributed by atoms with van der Waals surface area (Å²) in [5, 5.41) is 0.966. The molecule has 1 heterocycles. The van der Waals surface area contributed by atoms with Gasteiger partial charge in [0, 0.05) is 5.56 Å². The van der Waals surface area contributed by atoms with Crippen LogP contribution in [-0.2, 0) is 4.84 Å². The van der Waals surface area contributed by atoms with Gasteiger partial charge in [0.25, 0.3) is 0 Å². The smallest absolute Gasteiger partial charge is 0.144 e. The molecule has 0 fully saturated rings. The van der Waals surface area contributed by atoms with Crippen LogP contribution < -0.4 is 10.2 Å². The predicted molar refractivity (Wildman–Crippen MR) is 54.8 cm³/mol. The molecule has 0 amide bonds. The first-order chi connectivity index (χ1) is 6.74. The highest BCUT2D eigenvalue weighted by Gasteiger charge is 2.27. The Kier molecular flexibility index (Phi) is 2.83. The second-order valence-electron chi connectivity index (χ2n) is 2.97. The third-order valence-corrected chi connectivity index (χ3v) is 2.90. The molecule has 1 atom stereocenters. The molecule has 76 valence electrons. The molecule has 1 N–H and O–H groups in total. The second kappa shape index (κ2) is 3.95. The van der Waals surface area contributed by atoms with E-state index in [4.69, 9.17) is 32.8 Å². The Bertz CT molecular complexity index is 357. The van der Waals surface area contributed by atoms with Crippen molar-refractivity contribution in [2.24, 2.45) is 0 Å². The zero-order valence-electron chi connectivity index (χ0n) is 7.51. The SMILES string of the molecule is CONC1COc2c1ccc(Cl)c2Cl. The van der Waals surface area contributed by atoms with Gasteiger partial charge < -0.3 is 9.57 Å². The first-order valence-electron chi connectivity index (χ1n) is 4.13. The van der Waals surface area contributed by atoms with Crippen LogP contribution in [0.4, 0.5) is 0 Å². The van der Waals surface area contributed by atoms with Gasteiger partial charge in [0.15, 0.2) is 0 Å². The summed E-state index contributed by atoms with van der Waals surface area (Å²) >= 11 is 11.8. The molecule has 3 nitrogen and oxygen atoms in total. The van der Waals surface area contributed by atoms with Crippen LogP contribution in [0.2, 0.25) is 10.0 Å². The van der Waals surface area contributed by atoms with Crippen molar-refractivity contribution in [3.63, 3.8) is 0 Å². The lowest BCUT2D eigenvalue weighted by atomic mass is 10.1. The van der Waals surface area contributed by atoms with Crippen molar-refractivity contribution in [3.05, 3.63) is 27.7 Å². The Morgan fingerprint density at radius 3 is 3.00 bits per heavy atom. The van der Waals surface area contributed by atoms with Gasteiger partial charge in [0.05, 0.1) is 18.2 Å². The topological polar surface area (TPSA) is 30.5 Å². The lowest BCUT2D eigenvalue weighted by Crippen LogP contribution is -2.20. The molecule has 0 aromatic heterocycles. The van der Waals surface area contributed by atoms with E-state index in [1.54, 1.807) is 13.2 Å². The van der Waals surface area contributed by atoms with Crippen LogP contribution in [0.15, 0.2) is 12.1 Å². The zero-order chi connectivity index (χ0) is 10.1. The van der Waals surface area contributed by atoms with E-state index in [0.717, 1.165) is 5.56 Å². The molecule has 1 aliphatic heterocycles. The Morgan fingerprint density at radius 1 is 1.50 bits per heavy atom. The average Bonchev–Trinajstić information content (AvgIpc) is 2.57. The molecule has 0 spiro atoms. The maximum Gasteiger partial charge on any atom is 0.144 e. The second-order valence-corrected chi connectivity index (χ2v) is 3.75. The minimum atomic E-state index is 0.0183. The lowest BCUT2D eigenvalue weighted by molar-refractivity contribution is 0.0536. The van der Waals surface area contributed by atoms with Crippen molar-refractivity contribution in [2.45, 2.75) is 6.04 Å². The molecular weight excluding hydrogens is 225 g/mol. The maximum atomic E-state index is 5.98. The first-order valence-corrected chi connectivity index (χ1v) is 4.89. The summed E-state index contributed by atoms with van der Waals surface area (Å²) in [5.74, 6) is 0.647. The summed E-state index contributed by atoms with van der Waals surface area (Å²) in [7, 11) is 1.56. The zero-order valence-corrected chi connectivity index (χ0v) is 9.02. The van der Waals surface area contributed by atoms with Crippen LogP contribution in [-0.4, -0.2) is 13.7 Å². The third-order valence-electron chi connectivity index (χ3n) is 2.11. The molecule has 0 saturated carbocycles. The molecular formula is C9H9Cl2NO2. The highest BCUT2D eigenvalue weighted by Crippen LogP contribution is 2.41. The van der Waals surface area contributed by atoms with Crippen LogP contribution in [0, 0.1) is 0 Å². The first kappa shape index (κ1) is 10.1. The molecule has 2 rings (SSSR count). The van der Waals surface area contributed by atoms with Gasteiger partial charge in [-0.25, -0.2) is 0 Å². The normalized spacial score (nSPS) is 19.2. The van der Waals surface area contributed by atoms with E-state index < -0.39 is 0 Å². The van der Waals surface area contributed by atoms with Crippen molar-refractivity contribution in [2.75, 3.05) is 13.7 Å². The highest BCUT2D eigenvalue weighted by molar-refractivity contribution is 6.43. The minimum Gasteiger partial charge on any atom is -0.490 e. The van der Waals surface area contributed by atoms with Crippen molar-refractivity contribution < 1.29 is 9.57 Å². The molecule has 0 saturated heterocycles. The van der Waals surface area contributed by atoms with E-state index in [1.165, 1.54) is 0 Å². The number of fused-ring (bicyclic) bond motifs is 1. The highest BCUT2D eigenvalue weighted by atomic mass is 35.5. The van der Waals surface area contributed by atoms with E-state index in [-0.39, 0.29) is 6.04 Å². The molecule has 14 heavy (non-hydrogen) atoms. The van der Waals surface area contributed by atoms with Crippen LogP contribution in [0.3, 0.4) is 0 Å². The monoisotopic (exact) mass is 233 g/mol. The molecule has 1 aliphatic rings. The van der Waals surface area contributed by atoms with Gasteiger partial charge in [-0.15, -0.1) is 0 Å². The standard InChI is InChI=1S/C9H9Cl2NO2/c1-13-12-7-4-14-9-5(7)2-3-6(10)8(9)11/h2-3,7,12H,4H2,1H3. The van der Waals surface area contributed by atoms with Crippen LogP contribution >= 0.6 is 23.2 Å². The summed E-state index contributed by atoms with van der Waals surface area (Å²) in [4.78, 5) is 4.85. The lowest BCUT2D eigenvalue weighted by Gasteiger charge is -2.08. The number of benzene rings is 1. The largest absolute Gasteiger partial charge is 0.490 e. The Morgan fingerprint density at radius 2 is 2.29 bits per heavy atom. The van der Waals surface area contributed by atoms with Gasteiger partial charge in [-0.05, 0) is 6.07 Å². The fraction of sp³-hybridized carbons (Fsp3) is 0.333. The van der Waals surface area contributed by atoms with Crippen LogP contribution in [0.1, 0.15) is 11.6 Å². The molecule has 5 heteroatoms. The van der Waals surface area contributed by atoms with Crippen LogP contribution in [0.25, 0.3) is 0 Å². The quantitative estimate of drug-likeness (QED) is 0.797. The van der Waals surface area contributed by atoms with E-state index in [1.807, 2.05) is 6.07 Å². The van der Waals surface area contributed by atoms with E-state index in [9.17, 15) is 0 Å². The number of hydrogen-bond acceptors (Lipinski definition) is 3. The Balaban J connectivity index is 2.37. The fourth-order valence-electron chi connectivity index (χ4n) is 1.46. The summed E-state index contributed by atoms with van der Waals surface area (Å²) in [5.41, 5.74) is 3.79. The Labute approximate surface area is 91.9 Å².